The number of amides is 1. The van der Waals surface area contributed by atoms with E-state index < -0.39 is 11.1 Å². The van der Waals surface area contributed by atoms with Gasteiger partial charge >= 0.3 is 0 Å². The van der Waals surface area contributed by atoms with Crippen molar-refractivity contribution in [3.05, 3.63) is 47.8 Å². The molecule has 6 unspecified atom stereocenters. The summed E-state index contributed by atoms with van der Waals surface area (Å²) in [6, 6.07) is 5.09. The molecular weight excluding hydrogens is 543 g/mol. The Morgan fingerprint density at radius 1 is 1.27 bits per heavy atom. The zero-order chi connectivity index (χ0) is 28.7. The number of halogens is 1. The first-order chi connectivity index (χ1) is 19.8. The van der Waals surface area contributed by atoms with Gasteiger partial charge in [-0.1, -0.05) is 18.7 Å². The van der Waals surface area contributed by atoms with Crippen molar-refractivity contribution in [2.75, 3.05) is 46.4 Å². The topological polar surface area (TPSA) is 103 Å². The van der Waals surface area contributed by atoms with Gasteiger partial charge in [-0.15, -0.1) is 11.8 Å². The van der Waals surface area contributed by atoms with E-state index in [-0.39, 0.29) is 41.7 Å². The van der Waals surface area contributed by atoms with Gasteiger partial charge in [0, 0.05) is 49.5 Å². The van der Waals surface area contributed by atoms with Crippen LogP contribution >= 0.6 is 11.8 Å². The highest BCUT2D eigenvalue weighted by atomic mass is 32.2. The van der Waals surface area contributed by atoms with E-state index in [0.29, 0.717) is 51.0 Å². The molecule has 6 rings (SSSR count). The number of benzene rings is 1. The van der Waals surface area contributed by atoms with Gasteiger partial charge < -0.3 is 20.3 Å². The molecule has 0 bridgehead atoms. The van der Waals surface area contributed by atoms with Gasteiger partial charge in [-0.05, 0) is 63.4 Å². The van der Waals surface area contributed by atoms with Crippen LogP contribution in [-0.2, 0) is 26.5 Å². The maximum Gasteiger partial charge on any atom is 0.246 e. The van der Waals surface area contributed by atoms with Gasteiger partial charge in [0.05, 0.1) is 29.6 Å². The molecule has 4 heterocycles. The van der Waals surface area contributed by atoms with Crippen LogP contribution in [0.3, 0.4) is 0 Å². The highest BCUT2D eigenvalue weighted by molar-refractivity contribution is 8.00. The van der Waals surface area contributed by atoms with E-state index in [0.717, 1.165) is 43.4 Å². The van der Waals surface area contributed by atoms with Crippen molar-refractivity contribution in [1.82, 2.24) is 25.3 Å². The number of thioether (sulfide) groups is 1. The minimum atomic E-state index is -0.568. The normalized spacial score (nSPS) is 36.3. The number of likely N-dealkylation sites (tertiary alicyclic amines) is 1. The van der Waals surface area contributed by atoms with Gasteiger partial charge in [0.25, 0.3) is 0 Å². The molecule has 1 aliphatic carbocycles. The molecule has 9 nitrogen and oxygen atoms in total. The van der Waals surface area contributed by atoms with Gasteiger partial charge in [0.15, 0.2) is 12.1 Å². The van der Waals surface area contributed by atoms with E-state index in [9.17, 15) is 14.0 Å². The Hall–Kier alpha value is -1.86. The number of rotatable bonds is 6. The van der Waals surface area contributed by atoms with Gasteiger partial charge in [-0.25, -0.2) is 4.39 Å². The van der Waals surface area contributed by atoms with Crippen LogP contribution in [-0.4, -0.2) is 108 Å². The fraction of sp³-hybridized carbons (Fsp3) is 0.667. The summed E-state index contributed by atoms with van der Waals surface area (Å²) in [6.07, 6.45) is 5.22. The maximum absolute atomic E-state index is 14.5. The molecule has 41 heavy (non-hydrogen) atoms. The van der Waals surface area contributed by atoms with Crippen LogP contribution in [0.15, 0.2) is 30.9 Å². The third-order valence-corrected chi connectivity index (χ3v) is 11.6. The number of nitrogens with zero attached hydrogens (tertiary/aromatic N) is 3. The number of piperazine rings is 1. The summed E-state index contributed by atoms with van der Waals surface area (Å²) in [5.74, 6) is 0.469. The Bertz CT molecular complexity index is 1170. The van der Waals surface area contributed by atoms with Gasteiger partial charge in [-0.2, -0.15) is 0 Å². The Labute approximate surface area is 246 Å². The first-order valence-electron chi connectivity index (χ1n) is 15.0. The van der Waals surface area contributed by atoms with Crippen molar-refractivity contribution in [3.63, 3.8) is 0 Å². The predicted molar refractivity (Wildman–Crippen MR) is 157 cm³/mol. The highest BCUT2D eigenvalue weighted by Crippen LogP contribution is 2.49. The number of carbonyl (C=O) groups is 2. The van der Waals surface area contributed by atoms with Crippen molar-refractivity contribution in [3.8, 4) is 0 Å². The number of hydrogen-bond acceptors (Lipinski definition) is 9. The van der Waals surface area contributed by atoms with Crippen LogP contribution in [0.25, 0.3) is 0 Å². The molecule has 7 atom stereocenters. The van der Waals surface area contributed by atoms with Crippen molar-refractivity contribution in [2.45, 2.75) is 73.2 Å². The lowest BCUT2D eigenvalue weighted by atomic mass is 9.71. The molecule has 11 heteroatoms. The number of ether oxygens (including phenoxy) is 1. The van der Waals surface area contributed by atoms with E-state index in [2.05, 4.69) is 34.1 Å². The summed E-state index contributed by atoms with van der Waals surface area (Å²) in [4.78, 5) is 33.4. The van der Waals surface area contributed by atoms with Crippen LogP contribution in [0.2, 0.25) is 0 Å². The van der Waals surface area contributed by atoms with Gasteiger partial charge in [0.1, 0.15) is 5.82 Å². The van der Waals surface area contributed by atoms with Crippen LogP contribution in [0.5, 0.6) is 0 Å². The van der Waals surface area contributed by atoms with Crippen molar-refractivity contribution in [2.24, 2.45) is 11.7 Å². The van der Waals surface area contributed by atoms with Crippen LogP contribution in [0.4, 0.5) is 4.39 Å². The molecule has 4 aliphatic heterocycles. The number of hydrogen-bond donors (Lipinski definition) is 3. The molecule has 1 amide bonds. The lowest BCUT2D eigenvalue weighted by molar-refractivity contribution is -0.144. The predicted octanol–water partition coefficient (Wildman–Crippen LogP) is 1.27. The Morgan fingerprint density at radius 2 is 2.12 bits per heavy atom. The Kier molecular flexibility index (Phi) is 8.57. The fourth-order valence-electron chi connectivity index (χ4n) is 7.63. The number of fused-ring (bicyclic) bond motifs is 2. The number of carbonyl (C=O) groups excluding carboxylic acids is 2. The summed E-state index contributed by atoms with van der Waals surface area (Å²) < 4.78 is 20.4. The maximum atomic E-state index is 14.5. The zero-order valence-corrected chi connectivity index (χ0v) is 24.7. The average molecular weight is 587 g/mol. The Balaban J connectivity index is 1.24. The number of nitrogens with one attached hydrogen (secondary N) is 2. The van der Waals surface area contributed by atoms with E-state index in [1.807, 2.05) is 11.0 Å². The summed E-state index contributed by atoms with van der Waals surface area (Å²) in [6.45, 7) is 7.53. The quantitative estimate of drug-likeness (QED) is 0.426. The third kappa shape index (κ3) is 5.50. The fourth-order valence-corrected chi connectivity index (χ4v) is 9.16. The van der Waals surface area contributed by atoms with Crippen LogP contribution < -0.4 is 16.4 Å². The van der Waals surface area contributed by atoms with E-state index in [1.165, 1.54) is 12.1 Å². The highest BCUT2D eigenvalue weighted by Gasteiger charge is 2.55. The molecule has 1 aromatic carbocycles. The lowest BCUT2D eigenvalue weighted by Gasteiger charge is -2.55. The van der Waals surface area contributed by atoms with Crippen molar-refractivity contribution < 1.29 is 18.7 Å². The molecular formula is C30H43FN6O3S. The summed E-state index contributed by atoms with van der Waals surface area (Å²) in [5, 5.41) is 7.26. The molecule has 4 fully saturated rings. The monoisotopic (exact) mass is 586 g/mol. The minimum Gasteiger partial charge on any atom is -0.348 e. The van der Waals surface area contributed by atoms with Crippen LogP contribution in [0, 0.1) is 11.7 Å². The standard InChI is InChI=1S/C30H43FN6O3S/c1-3-25(38)37-13-12-36(16-21(37)15-32)28-22-9-10-30(14-19-6-4-8-24(31)23(19)18-41-30)27(39)26(22)33-29(34-28)40-17-20-7-5-11-35(20)2/h3-4,6,8,20-22,26,28-29,33-34H,1,5,7,9-18,32H2,2H3/t20?,21?,22?,26?,28?,29?,30-/m0/s1. The van der Waals surface area contributed by atoms with Gasteiger partial charge in [-0.3, -0.25) is 25.1 Å². The molecule has 224 valence electrons. The molecule has 0 aromatic heterocycles. The smallest absolute Gasteiger partial charge is 0.246 e. The number of ketones is 1. The Morgan fingerprint density at radius 3 is 2.88 bits per heavy atom. The average Bonchev–Trinajstić information content (AvgIpc) is 3.41. The zero-order valence-electron chi connectivity index (χ0n) is 23.9. The van der Waals surface area contributed by atoms with Gasteiger partial charge in [0.2, 0.25) is 5.91 Å². The molecule has 1 spiro atoms. The van der Waals surface area contributed by atoms with Crippen molar-refractivity contribution in [1.29, 1.82) is 0 Å². The molecule has 1 saturated carbocycles. The second-order valence-electron chi connectivity index (χ2n) is 12.3. The SMILES string of the molecule is C=CC(=O)N1CCN(C2NC(OCC3CCCN3C)NC3C(=O)[C@]4(CCC32)Cc2cccc(F)c2CS4)CC1CN. The number of Topliss-reactive ketones (excluding diaryl/α,β-unsaturated/α-hetero) is 1. The van der Waals surface area contributed by atoms with E-state index in [4.69, 9.17) is 10.5 Å². The molecule has 5 aliphatic rings. The summed E-state index contributed by atoms with van der Waals surface area (Å²) in [5.41, 5.74) is 7.82. The van der Waals surface area contributed by atoms with Crippen molar-refractivity contribution >= 4 is 23.5 Å². The first kappa shape index (κ1) is 29.2. The number of nitrogens with two attached hydrogens (primary N) is 1. The summed E-state index contributed by atoms with van der Waals surface area (Å²) >= 11 is 1.61. The molecule has 1 aromatic rings. The van der Waals surface area contributed by atoms with Crippen LogP contribution in [0.1, 0.15) is 36.8 Å². The lowest BCUT2D eigenvalue weighted by Crippen LogP contribution is -2.75. The summed E-state index contributed by atoms with van der Waals surface area (Å²) in [7, 11) is 2.13. The molecule has 4 N–H and O–H groups in total. The van der Waals surface area contributed by atoms with E-state index in [1.54, 1.807) is 17.8 Å². The number of likely N-dealkylation sites (N-methyl/N-ethyl adjacent to an activating group) is 1. The molecule has 0 radical (unpaired) electrons. The second-order valence-corrected chi connectivity index (χ2v) is 13.6. The molecule has 3 saturated heterocycles. The minimum absolute atomic E-state index is 0.0386. The first-order valence-corrected chi connectivity index (χ1v) is 16.0. The van der Waals surface area contributed by atoms with E-state index >= 15 is 0 Å². The largest absolute Gasteiger partial charge is 0.348 e. The third-order valence-electron chi connectivity index (χ3n) is 10.0. The second kappa shape index (κ2) is 12.0.